The molecule has 0 aliphatic rings. The van der Waals surface area contributed by atoms with Crippen molar-refractivity contribution >= 4 is 11.0 Å². The van der Waals surface area contributed by atoms with Gasteiger partial charge in [0.15, 0.2) is 0 Å². The van der Waals surface area contributed by atoms with E-state index in [1.165, 1.54) is 11.1 Å². The van der Waals surface area contributed by atoms with Gasteiger partial charge in [-0.25, -0.2) is 8.42 Å². The molecule has 1 N–H and O–H groups in total. The fourth-order valence-electron chi connectivity index (χ4n) is 0.637. The van der Waals surface area contributed by atoms with Crippen molar-refractivity contribution in [1.29, 1.82) is 0 Å². The summed E-state index contributed by atoms with van der Waals surface area (Å²) in [5.41, 5.74) is 2.66. The summed E-state index contributed by atoms with van der Waals surface area (Å²) in [6.45, 7) is 4.19. The summed E-state index contributed by atoms with van der Waals surface area (Å²) in [5.74, 6) is 0. The molecule has 0 spiro atoms. The summed E-state index contributed by atoms with van der Waals surface area (Å²) in [6, 6.07) is 8.48. The van der Waals surface area contributed by atoms with Gasteiger partial charge in [0, 0.05) is 0 Å². The molecule has 0 saturated carbocycles. The van der Waals surface area contributed by atoms with E-state index in [-0.39, 0.29) is 0 Å². The first kappa shape index (κ1) is 11.1. The molecule has 0 aliphatic heterocycles. The Bertz CT molecular complexity index is 259. The van der Waals surface area contributed by atoms with Gasteiger partial charge < -0.3 is 0 Å². The van der Waals surface area contributed by atoms with Crippen molar-refractivity contribution in [3.8, 4) is 0 Å². The van der Waals surface area contributed by atoms with E-state index >= 15 is 0 Å². The molecule has 3 nitrogen and oxygen atoms in total. The maximum absolute atomic E-state index is 8.59. The van der Waals surface area contributed by atoms with Crippen LogP contribution in [-0.4, -0.2) is 13.0 Å². The molecule has 0 atom stereocenters. The van der Waals surface area contributed by atoms with Crippen molar-refractivity contribution in [2.75, 3.05) is 0 Å². The third kappa shape index (κ3) is 7.24. The zero-order chi connectivity index (χ0) is 9.56. The molecule has 4 heteroatoms. The minimum absolute atomic E-state index is 1.33. The van der Waals surface area contributed by atoms with Gasteiger partial charge in [0.25, 0.3) is 11.0 Å². The van der Waals surface area contributed by atoms with E-state index in [0.717, 1.165) is 0 Å². The molecule has 0 unspecified atom stereocenters. The first-order valence-electron chi connectivity index (χ1n) is 3.39. The van der Waals surface area contributed by atoms with Crippen LogP contribution in [0.5, 0.6) is 0 Å². The van der Waals surface area contributed by atoms with Crippen LogP contribution in [0.2, 0.25) is 0 Å². The average Bonchev–Trinajstić information content (AvgIpc) is 1.94. The van der Waals surface area contributed by atoms with Crippen LogP contribution >= 0.6 is 0 Å². The average molecular weight is 188 g/mol. The maximum Gasteiger partial charge on any atom is 0.254 e. The molecular weight excluding hydrogens is 176 g/mol. The van der Waals surface area contributed by atoms with E-state index < -0.39 is 11.0 Å². The fraction of sp³-hybridized carbons (Fsp3) is 0.250. The molecule has 12 heavy (non-hydrogen) atoms. The van der Waals surface area contributed by atoms with Crippen LogP contribution in [0, 0.1) is 13.8 Å². The molecule has 0 heterocycles. The molecule has 1 aromatic carbocycles. The third-order valence-electron chi connectivity index (χ3n) is 1.22. The Morgan fingerprint density at radius 1 is 1.00 bits per heavy atom. The monoisotopic (exact) mass is 188 g/mol. The zero-order valence-electron chi connectivity index (χ0n) is 7.02. The first-order valence-corrected chi connectivity index (χ1v) is 4.52. The van der Waals surface area contributed by atoms with Crippen LogP contribution in [0.25, 0.3) is 0 Å². The van der Waals surface area contributed by atoms with Crippen molar-refractivity contribution in [3.05, 3.63) is 35.4 Å². The highest BCUT2D eigenvalue weighted by Gasteiger charge is 1.79. The van der Waals surface area contributed by atoms with Crippen LogP contribution in [0.1, 0.15) is 11.1 Å². The van der Waals surface area contributed by atoms with Crippen molar-refractivity contribution in [2.45, 2.75) is 13.8 Å². The van der Waals surface area contributed by atoms with Crippen molar-refractivity contribution in [3.63, 3.8) is 0 Å². The van der Waals surface area contributed by atoms with Crippen LogP contribution in [0.15, 0.2) is 24.3 Å². The quantitative estimate of drug-likeness (QED) is 0.477. The van der Waals surface area contributed by atoms with Crippen LogP contribution in [0.3, 0.4) is 0 Å². The lowest BCUT2D eigenvalue weighted by Gasteiger charge is -1.90. The van der Waals surface area contributed by atoms with Crippen molar-refractivity contribution in [1.82, 2.24) is 0 Å². The van der Waals surface area contributed by atoms with E-state index in [1.807, 2.05) is 0 Å². The van der Waals surface area contributed by atoms with Crippen molar-refractivity contribution in [2.24, 2.45) is 0 Å². The van der Waals surface area contributed by atoms with Gasteiger partial charge in [0.1, 0.15) is 0 Å². The number of hydrogen-bond acceptors (Lipinski definition) is 2. The summed E-state index contributed by atoms with van der Waals surface area (Å²) in [7, 11) is -3.12. The van der Waals surface area contributed by atoms with Gasteiger partial charge in [-0.05, 0) is 13.8 Å². The minimum Gasteiger partial charge on any atom is -0.288 e. The molecule has 1 aromatic rings. The zero-order valence-corrected chi connectivity index (χ0v) is 7.91. The Morgan fingerprint density at radius 3 is 1.33 bits per heavy atom. The van der Waals surface area contributed by atoms with Gasteiger partial charge in [0.05, 0.1) is 0 Å². The van der Waals surface area contributed by atoms with E-state index in [4.69, 9.17) is 13.0 Å². The Labute approximate surface area is 73.8 Å². The lowest BCUT2D eigenvalue weighted by atomic mass is 10.2. The molecule has 0 saturated heterocycles. The Hall–Kier alpha value is -0.870. The molecule has 0 aliphatic carbocycles. The lowest BCUT2D eigenvalue weighted by Crippen LogP contribution is -1.70. The predicted octanol–water partition coefficient (Wildman–Crippen LogP) is 1.37. The molecule has 68 valence electrons. The summed E-state index contributed by atoms with van der Waals surface area (Å²) >= 11 is 0. The molecule has 1 rings (SSSR count). The van der Waals surface area contributed by atoms with Gasteiger partial charge in [-0.3, -0.25) is 4.55 Å². The van der Waals surface area contributed by atoms with Crippen LogP contribution < -0.4 is 0 Å². The molecule has 0 aromatic heterocycles. The Morgan fingerprint density at radius 2 is 1.17 bits per heavy atom. The molecular formula is C8H12O3S. The van der Waals surface area contributed by atoms with Gasteiger partial charge in [0.2, 0.25) is 0 Å². The van der Waals surface area contributed by atoms with Crippen LogP contribution in [-0.2, 0) is 11.0 Å². The van der Waals surface area contributed by atoms with E-state index in [1.54, 1.807) is 0 Å². The first-order chi connectivity index (χ1) is 5.52. The van der Waals surface area contributed by atoms with Crippen LogP contribution in [0.4, 0.5) is 0 Å². The number of thiol groups is 1. The van der Waals surface area contributed by atoms with Gasteiger partial charge in [-0.2, -0.15) is 0 Å². The largest absolute Gasteiger partial charge is 0.288 e. The number of benzene rings is 1. The second kappa shape index (κ2) is 5.74. The molecule has 0 bridgehead atoms. The van der Waals surface area contributed by atoms with E-state index in [0.29, 0.717) is 0 Å². The summed E-state index contributed by atoms with van der Waals surface area (Å²) in [6.07, 6.45) is 0. The highest BCUT2D eigenvalue weighted by atomic mass is 32.2. The summed E-state index contributed by atoms with van der Waals surface area (Å²) in [5, 5.41) is 0. The third-order valence-corrected chi connectivity index (χ3v) is 1.22. The highest BCUT2D eigenvalue weighted by molar-refractivity contribution is 7.66. The Balaban J connectivity index is 0.000000261. The number of aryl methyl sites for hydroxylation is 2. The standard InChI is InChI=1S/C8H10.H2O3S/c1-7-3-5-8(2)6-4-7;1-4(2)3/h3-6H,1-2H3;4H,(H,1,2,3). The SMILES string of the molecule is Cc1ccc(C)cc1.O=[SH](=O)O. The molecule has 0 fully saturated rings. The van der Waals surface area contributed by atoms with Gasteiger partial charge >= 0.3 is 0 Å². The van der Waals surface area contributed by atoms with Gasteiger partial charge in [-0.1, -0.05) is 35.4 Å². The van der Waals surface area contributed by atoms with Gasteiger partial charge in [-0.15, -0.1) is 0 Å². The lowest BCUT2D eigenvalue weighted by molar-refractivity contribution is 0.509. The fourth-order valence-corrected chi connectivity index (χ4v) is 0.637. The minimum atomic E-state index is -3.12. The number of hydrogen-bond donors (Lipinski definition) is 2. The normalized spacial score (nSPS) is 9.00. The highest BCUT2D eigenvalue weighted by Crippen LogP contribution is 1.99. The van der Waals surface area contributed by atoms with E-state index in [9.17, 15) is 0 Å². The summed E-state index contributed by atoms with van der Waals surface area (Å²) in [4.78, 5) is 0. The second-order valence-electron chi connectivity index (χ2n) is 2.39. The van der Waals surface area contributed by atoms with E-state index in [2.05, 4.69) is 38.1 Å². The topological polar surface area (TPSA) is 54.4 Å². The maximum atomic E-state index is 8.59. The summed E-state index contributed by atoms with van der Waals surface area (Å²) < 4.78 is 24.2. The predicted molar refractivity (Wildman–Crippen MR) is 48.9 cm³/mol. The smallest absolute Gasteiger partial charge is 0.254 e. The number of rotatable bonds is 0. The molecule has 0 radical (unpaired) electrons. The molecule has 0 amide bonds. The van der Waals surface area contributed by atoms with Crippen molar-refractivity contribution < 1.29 is 13.0 Å². The second-order valence-corrected chi connectivity index (χ2v) is 2.87. The Kier molecular flexibility index (Phi) is 5.32.